The molecule has 3 N–H and O–H groups in total. The minimum Gasteiger partial charge on any atom is -0.347 e. The SMILES string of the molecule is CCCC[C@H](CN(O)C=O)C(=O)NCC(=O)N(C)CCNS(=O)(=O)c1ccc(C(F)(F)F)cc1. The number of hydroxylamine groups is 2. The van der Waals surface area contributed by atoms with Gasteiger partial charge in [-0.3, -0.25) is 19.6 Å². The summed E-state index contributed by atoms with van der Waals surface area (Å²) in [6.07, 6.45) is -2.53. The van der Waals surface area contributed by atoms with E-state index in [-0.39, 0.29) is 37.5 Å². The van der Waals surface area contributed by atoms with Crippen LogP contribution in [0, 0.1) is 5.92 Å². The van der Waals surface area contributed by atoms with Crippen LogP contribution in [0.3, 0.4) is 0 Å². The normalized spacial score (nSPS) is 12.6. The molecular formula is C20H29F3N4O6S. The van der Waals surface area contributed by atoms with Gasteiger partial charge in [-0.1, -0.05) is 19.8 Å². The number of likely N-dealkylation sites (N-methyl/N-ethyl adjacent to an activating group) is 1. The zero-order valence-corrected chi connectivity index (χ0v) is 19.7. The highest BCUT2D eigenvalue weighted by atomic mass is 32.2. The highest BCUT2D eigenvalue weighted by molar-refractivity contribution is 7.89. The molecule has 0 spiro atoms. The Kier molecular flexibility index (Phi) is 11.4. The van der Waals surface area contributed by atoms with Crippen molar-refractivity contribution in [3.8, 4) is 0 Å². The molecule has 0 bridgehead atoms. The second-order valence-corrected chi connectivity index (χ2v) is 9.29. The van der Waals surface area contributed by atoms with Gasteiger partial charge in [-0.25, -0.2) is 18.2 Å². The predicted molar refractivity (Wildman–Crippen MR) is 115 cm³/mol. The van der Waals surface area contributed by atoms with Gasteiger partial charge in [0.05, 0.1) is 29.5 Å². The monoisotopic (exact) mass is 510 g/mol. The first-order valence-electron chi connectivity index (χ1n) is 10.4. The van der Waals surface area contributed by atoms with E-state index in [0.29, 0.717) is 30.0 Å². The molecule has 0 unspecified atom stereocenters. The predicted octanol–water partition coefficient (Wildman–Crippen LogP) is 1.21. The molecule has 0 aliphatic heterocycles. The molecule has 0 radical (unpaired) electrons. The maximum absolute atomic E-state index is 12.6. The number of alkyl halides is 3. The first-order chi connectivity index (χ1) is 15.8. The van der Waals surface area contributed by atoms with Crippen molar-refractivity contribution in [2.24, 2.45) is 5.92 Å². The van der Waals surface area contributed by atoms with E-state index in [1.807, 2.05) is 6.92 Å². The lowest BCUT2D eigenvalue weighted by Gasteiger charge is -2.21. The van der Waals surface area contributed by atoms with Crippen LogP contribution in [-0.2, 0) is 30.6 Å². The summed E-state index contributed by atoms with van der Waals surface area (Å²) >= 11 is 0. The second-order valence-electron chi connectivity index (χ2n) is 7.52. The molecule has 34 heavy (non-hydrogen) atoms. The molecule has 14 heteroatoms. The maximum Gasteiger partial charge on any atom is 0.416 e. The second kappa shape index (κ2) is 13.2. The Morgan fingerprint density at radius 1 is 1.21 bits per heavy atom. The van der Waals surface area contributed by atoms with E-state index in [9.17, 15) is 41.2 Å². The smallest absolute Gasteiger partial charge is 0.347 e. The fourth-order valence-corrected chi connectivity index (χ4v) is 3.87. The Hall–Kier alpha value is -2.71. The molecule has 0 fully saturated rings. The molecule has 0 aliphatic rings. The summed E-state index contributed by atoms with van der Waals surface area (Å²) in [5.41, 5.74) is -0.978. The van der Waals surface area contributed by atoms with Crippen LogP contribution in [0.4, 0.5) is 13.2 Å². The first kappa shape index (κ1) is 29.3. The Morgan fingerprint density at radius 2 is 1.82 bits per heavy atom. The summed E-state index contributed by atoms with van der Waals surface area (Å²) in [6, 6.07) is 2.99. The Bertz CT molecular complexity index is 925. The van der Waals surface area contributed by atoms with Crippen LogP contribution in [0.25, 0.3) is 0 Å². The van der Waals surface area contributed by atoms with E-state index in [1.54, 1.807) is 0 Å². The van der Waals surface area contributed by atoms with Gasteiger partial charge in [0.1, 0.15) is 0 Å². The molecular weight excluding hydrogens is 481 g/mol. The number of rotatable bonds is 14. The highest BCUT2D eigenvalue weighted by Crippen LogP contribution is 2.29. The van der Waals surface area contributed by atoms with Crippen LogP contribution in [0.2, 0.25) is 0 Å². The van der Waals surface area contributed by atoms with E-state index >= 15 is 0 Å². The number of unbranched alkanes of at least 4 members (excludes halogenated alkanes) is 1. The minimum absolute atomic E-state index is 0.0661. The van der Waals surface area contributed by atoms with Gasteiger partial charge in [0, 0.05) is 20.1 Å². The summed E-state index contributed by atoms with van der Waals surface area (Å²) in [5, 5.41) is 12.1. The molecule has 0 aliphatic carbocycles. The molecule has 10 nitrogen and oxygen atoms in total. The van der Waals surface area contributed by atoms with E-state index in [4.69, 9.17) is 0 Å². The molecule has 0 saturated carbocycles. The number of nitrogens with zero attached hydrogens (tertiary/aromatic N) is 2. The van der Waals surface area contributed by atoms with Crippen molar-refractivity contribution in [1.82, 2.24) is 20.0 Å². The largest absolute Gasteiger partial charge is 0.416 e. The molecule has 1 aromatic carbocycles. The molecule has 0 saturated heterocycles. The van der Waals surface area contributed by atoms with Gasteiger partial charge in [-0.15, -0.1) is 0 Å². The van der Waals surface area contributed by atoms with Crippen molar-refractivity contribution in [3.63, 3.8) is 0 Å². The van der Waals surface area contributed by atoms with Crippen molar-refractivity contribution in [2.45, 2.75) is 37.3 Å². The zero-order valence-electron chi connectivity index (χ0n) is 18.8. The van der Waals surface area contributed by atoms with Crippen molar-refractivity contribution in [3.05, 3.63) is 29.8 Å². The lowest BCUT2D eigenvalue weighted by molar-refractivity contribution is -0.155. The van der Waals surface area contributed by atoms with Gasteiger partial charge in [0.2, 0.25) is 28.2 Å². The molecule has 1 rings (SSSR count). The average molecular weight is 511 g/mol. The number of benzene rings is 1. The van der Waals surface area contributed by atoms with E-state index in [2.05, 4.69) is 10.0 Å². The molecule has 1 aromatic rings. The summed E-state index contributed by atoms with van der Waals surface area (Å²) in [5.74, 6) is -1.74. The number of hydrogen-bond acceptors (Lipinski definition) is 6. The summed E-state index contributed by atoms with van der Waals surface area (Å²) in [7, 11) is -2.70. The van der Waals surface area contributed by atoms with Crippen LogP contribution in [0.15, 0.2) is 29.2 Å². The topological polar surface area (TPSA) is 136 Å². The number of hydrogen-bond donors (Lipinski definition) is 3. The van der Waals surface area contributed by atoms with Crippen molar-refractivity contribution in [2.75, 3.05) is 33.2 Å². The van der Waals surface area contributed by atoms with Gasteiger partial charge < -0.3 is 10.2 Å². The fourth-order valence-electron chi connectivity index (χ4n) is 2.85. The van der Waals surface area contributed by atoms with Gasteiger partial charge in [0.25, 0.3) is 0 Å². The average Bonchev–Trinajstić information content (AvgIpc) is 2.78. The molecule has 0 heterocycles. The molecule has 0 aromatic heterocycles. The van der Waals surface area contributed by atoms with Gasteiger partial charge in [-0.2, -0.15) is 13.2 Å². The number of sulfonamides is 1. The Labute approximate surface area is 196 Å². The van der Waals surface area contributed by atoms with Gasteiger partial charge in [0.15, 0.2) is 0 Å². The first-order valence-corrected chi connectivity index (χ1v) is 11.9. The lowest BCUT2D eigenvalue weighted by Crippen LogP contribution is -2.44. The Balaban J connectivity index is 2.55. The van der Waals surface area contributed by atoms with Crippen LogP contribution >= 0.6 is 0 Å². The lowest BCUT2D eigenvalue weighted by atomic mass is 10.0. The minimum atomic E-state index is -4.59. The fraction of sp³-hybridized carbons (Fsp3) is 0.550. The van der Waals surface area contributed by atoms with Crippen LogP contribution in [-0.4, -0.2) is 75.0 Å². The molecule has 1 atom stereocenters. The van der Waals surface area contributed by atoms with Crippen LogP contribution in [0.5, 0.6) is 0 Å². The van der Waals surface area contributed by atoms with Crippen molar-refractivity contribution in [1.29, 1.82) is 0 Å². The van der Waals surface area contributed by atoms with E-state index in [0.717, 1.165) is 18.6 Å². The highest BCUT2D eigenvalue weighted by Gasteiger charge is 2.30. The third kappa shape index (κ3) is 9.65. The Morgan fingerprint density at radius 3 is 2.35 bits per heavy atom. The quantitative estimate of drug-likeness (QED) is 0.196. The standard InChI is InChI=1S/C20H29F3N4O6S/c1-3-4-5-15(13-27(31)14-28)19(30)24-12-18(29)26(2)11-10-25-34(32,33)17-8-6-16(7-9-17)20(21,22)23/h6-9,14-15,25,31H,3-5,10-13H2,1-2H3,(H,24,30)/t15-/m1/s1. The summed E-state index contributed by atoms with van der Waals surface area (Å²) in [6.45, 7) is 1.04. The molecule has 192 valence electrons. The number of halogens is 3. The zero-order chi connectivity index (χ0) is 25.9. The summed E-state index contributed by atoms with van der Waals surface area (Å²) in [4.78, 5) is 36.0. The molecule has 3 amide bonds. The van der Waals surface area contributed by atoms with Crippen LogP contribution < -0.4 is 10.0 Å². The third-order valence-electron chi connectivity index (χ3n) is 4.88. The summed E-state index contributed by atoms with van der Waals surface area (Å²) < 4.78 is 64.5. The number of nitrogens with one attached hydrogen (secondary N) is 2. The number of carbonyl (C=O) groups excluding carboxylic acids is 3. The van der Waals surface area contributed by atoms with E-state index < -0.39 is 39.5 Å². The van der Waals surface area contributed by atoms with Gasteiger partial charge in [-0.05, 0) is 30.7 Å². The van der Waals surface area contributed by atoms with Crippen LogP contribution in [0.1, 0.15) is 31.7 Å². The van der Waals surface area contributed by atoms with Gasteiger partial charge >= 0.3 is 6.18 Å². The number of amides is 3. The van der Waals surface area contributed by atoms with Crippen molar-refractivity contribution < 1.29 is 41.2 Å². The number of carbonyl (C=O) groups is 3. The van der Waals surface area contributed by atoms with E-state index in [1.165, 1.54) is 11.9 Å². The third-order valence-corrected chi connectivity index (χ3v) is 6.35. The van der Waals surface area contributed by atoms with Crippen molar-refractivity contribution >= 4 is 28.2 Å². The maximum atomic E-state index is 12.6.